The van der Waals surface area contributed by atoms with Crippen LogP contribution in [0.2, 0.25) is 0 Å². The van der Waals surface area contributed by atoms with Crippen molar-refractivity contribution in [3.63, 3.8) is 0 Å². The van der Waals surface area contributed by atoms with Gasteiger partial charge < -0.3 is 4.74 Å². The lowest BCUT2D eigenvalue weighted by molar-refractivity contribution is -0.143. The number of rotatable bonds is 2. The van der Waals surface area contributed by atoms with Gasteiger partial charge in [-0.05, 0) is 25.5 Å². The molecule has 0 bridgehead atoms. The number of aromatic amines is 1. The Labute approximate surface area is 119 Å². The fourth-order valence-electron chi connectivity index (χ4n) is 3.05. The molecule has 2 fully saturated rings. The minimum atomic E-state index is -4.43. The van der Waals surface area contributed by atoms with Gasteiger partial charge in [-0.3, -0.25) is 14.8 Å². The molecule has 1 aromatic heterocycles. The second kappa shape index (κ2) is 5.32. The smallest absolute Gasteiger partial charge is 0.435 e. The summed E-state index contributed by atoms with van der Waals surface area (Å²) in [5, 5.41) is 5.83. The highest BCUT2D eigenvalue weighted by atomic mass is 19.4. The van der Waals surface area contributed by atoms with Crippen LogP contribution < -0.4 is 0 Å². The van der Waals surface area contributed by atoms with Gasteiger partial charge >= 0.3 is 12.1 Å². The van der Waals surface area contributed by atoms with Gasteiger partial charge in [0.1, 0.15) is 6.04 Å². The van der Waals surface area contributed by atoms with Crippen LogP contribution in [0.25, 0.3) is 0 Å². The molecule has 3 heterocycles. The predicted octanol–water partition coefficient (Wildman–Crippen LogP) is 1.92. The number of nitrogens with zero attached hydrogens (tertiary/aromatic N) is 2. The van der Waals surface area contributed by atoms with E-state index in [1.807, 2.05) is 4.90 Å². The number of hydrogen-bond donors (Lipinski definition) is 1. The maximum atomic E-state index is 12.6. The third-order valence-corrected chi connectivity index (χ3v) is 4.13. The van der Waals surface area contributed by atoms with Crippen LogP contribution in [0.1, 0.15) is 36.6 Å². The number of ether oxygens (including phenoxy) is 1. The second-order valence-corrected chi connectivity index (χ2v) is 5.51. The molecule has 0 saturated carbocycles. The van der Waals surface area contributed by atoms with Crippen LogP contribution >= 0.6 is 0 Å². The Morgan fingerprint density at radius 3 is 2.81 bits per heavy atom. The van der Waals surface area contributed by atoms with E-state index in [9.17, 15) is 18.0 Å². The van der Waals surface area contributed by atoms with Gasteiger partial charge in [0, 0.05) is 24.6 Å². The molecule has 1 aromatic rings. The van der Waals surface area contributed by atoms with Gasteiger partial charge in [0.15, 0.2) is 5.69 Å². The highest BCUT2D eigenvalue weighted by Gasteiger charge is 2.38. The minimum absolute atomic E-state index is 0.0595. The number of hydrogen-bond acceptors (Lipinski definition) is 4. The van der Waals surface area contributed by atoms with E-state index >= 15 is 0 Å². The number of cyclic esters (lactones) is 1. The van der Waals surface area contributed by atoms with E-state index in [0.29, 0.717) is 25.3 Å². The van der Waals surface area contributed by atoms with E-state index in [2.05, 4.69) is 10.2 Å². The molecule has 2 unspecified atom stereocenters. The molecule has 0 aromatic carbocycles. The molecule has 21 heavy (non-hydrogen) atoms. The van der Waals surface area contributed by atoms with E-state index < -0.39 is 11.9 Å². The van der Waals surface area contributed by atoms with Crippen LogP contribution in [-0.2, 0) is 15.7 Å². The van der Waals surface area contributed by atoms with Crippen molar-refractivity contribution in [3.05, 3.63) is 17.5 Å². The monoisotopic (exact) mass is 303 g/mol. The normalized spacial score (nSPS) is 27.9. The van der Waals surface area contributed by atoms with E-state index in [1.165, 1.54) is 0 Å². The van der Waals surface area contributed by atoms with Gasteiger partial charge in [0.2, 0.25) is 0 Å². The molecule has 3 rings (SSSR count). The molecule has 0 amide bonds. The zero-order valence-corrected chi connectivity index (χ0v) is 11.3. The Bertz CT molecular complexity index is 529. The zero-order valence-electron chi connectivity index (χ0n) is 11.3. The molecule has 5 nitrogen and oxygen atoms in total. The van der Waals surface area contributed by atoms with Gasteiger partial charge in [0.25, 0.3) is 0 Å². The maximum Gasteiger partial charge on any atom is 0.435 e. The summed E-state index contributed by atoms with van der Waals surface area (Å²) in [6.07, 6.45) is -2.15. The number of carbonyl (C=O) groups excluding carboxylic acids is 1. The number of carbonyl (C=O) groups is 1. The number of likely N-dealkylation sites (tertiary alicyclic amines) is 1. The minimum Gasteiger partial charge on any atom is -0.464 e. The average molecular weight is 303 g/mol. The van der Waals surface area contributed by atoms with E-state index in [0.717, 1.165) is 25.5 Å². The summed E-state index contributed by atoms with van der Waals surface area (Å²) in [5.74, 6) is -0.285. The highest BCUT2D eigenvalue weighted by Crippen LogP contribution is 2.33. The van der Waals surface area contributed by atoms with Crippen molar-refractivity contribution in [3.8, 4) is 0 Å². The van der Waals surface area contributed by atoms with E-state index in [-0.39, 0.29) is 17.9 Å². The average Bonchev–Trinajstić information content (AvgIpc) is 3.06. The van der Waals surface area contributed by atoms with Gasteiger partial charge in [-0.1, -0.05) is 0 Å². The molecule has 116 valence electrons. The largest absolute Gasteiger partial charge is 0.464 e. The first-order valence-electron chi connectivity index (χ1n) is 6.98. The number of halogens is 3. The number of piperidine rings is 1. The van der Waals surface area contributed by atoms with E-state index in [1.54, 1.807) is 0 Å². The number of H-pyrrole nitrogens is 1. The molecule has 2 aliphatic heterocycles. The fraction of sp³-hybridized carbons (Fsp3) is 0.692. The summed E-state index contributed by atoms with van der Waals surface area (Å²) >= 11 is 0. The van der Waals surface area contributed by atoms with Crippen molar-refractivity contribution < 1.29 is 22.7 Å². The SMILES string of the molecule is O=C1OCCC1N1CCCC(c2cc(C(F)(F)F)n[nH]2)C1. The predicted molar refractivity (Wildman–Crippen MR) is 66.5 cm³/mol. The lowest BCUT2D eigenvalue weighted by Crippen LogP contribution is -2.44. The first-order chi connectivity index (χ1) is 9.95. The summed E-state index contributed by atoms with van der Waals surface area (Å²) in [4.78, 5) is 13.6. The zero-order chi connectivity index (χ0) is 15.0. The van der Waals surface area contributed by atoms with Gasteiger partial charge in [0.05, 0.1) is 6.61 Å². The Balaban J connectivity index is 1.71. The number of esters is 1. The van der Waals surface area contributed by atoms with Crippen molar-refractivity contribution >= 4 is 5.97 Å². The number of alkyl halides is 3. The maximum absolute atomic E-state index is 12.6. The van der Waals surface area contributed by atoms with Crippen molar-refractivity contribution in [2.45, 2.75) is 37.4 Å². The Hall–Kier alpha value is -1.57. The topological polar surface area (TPSA) is 58.2 Å². The number of nitrogens with one attached hydrogen (secondary N) is 1. The number of aromatic nitrogens is 2. The van der Waals surface area contributed by atoms with Gasteiger partial charge in [-0.25, -0.2) is 0 Å². The van der Waals surface area contributed by atoms with Crippen molar-refractivity contribution in [1.29, 1.82) is 0 Å². The summed E-state index contributed by atoms with van der Waals surface area (Å²) in [6, 6.07) is 0.819. The standard InChI is InChI=1S/C13H16F3N3O2/c14-13(15,16)11-6-9(17-18-11)8-2-1-4-19(7-8)10-3-5-21-12(10)20/h6,8,10H,1-5,7H2,(H,17,18). The van der Waals surface area contributed by atoms with Gasteiger partial charge in [-0.2, -0.15) is 18.3 Å². The second-order valence-electron chi connectivity index (χ2n) is 5.51. The molecular formula is C13H16F3N3O2. The summed E-state index contributed by atoms with van der Waals surface area (Å²) < 4.78 is 42.7. The summed E-state index contributed by atoms with van der Waals surface area (Å²) in [7, 11) is 0. The highest BCUT2D eigenvalue weighted by molar-refractivity contribution is 5.77. The van der Waals surface area contributed by atoms with Gasteiger partial charge in [-0.15, -0.1) is 0 Å². The third kappa shape index (κ3) is 2.90. The quantitative estimate of drug-likeness (QED) is 0.848. The fourth-order valence-corrected chi connectivity index (χ4v) is 3.05. The van der Waals surface area contributed by atoms with Crippen molar-refractivity contribution in [2.75, 3.05) is 19.7 Å². The lowest BCUT2D eigenvalue weighted by Gasteiger charge is -2.34. The lowest BCUT2D eigenvalue weighted by atomic mass is 9.93. The summed E-state index contributed by atoms with van der Waals surface area (Å²) in [5.41, 5.74) is -0.409. The Morgan fingerprint density at radius 1 is 1.38 bits per heavy atom. The Kier molecular flexibility index (Phi) is 3.64. The van der Waals surface area contributed by atoms with Crippen LogP contribution in [0.4, 0.5) is 13.2 Å². The molecule has 0 radical (unpaired) electrons. The van der Waals surface area contributed by atoms with Crippen LogP contribution in [0.5, 0.6) is 0 Å². The Morgan fingerprint density at radius 2 is 2.19 bits per heavy atom. The third-order valence-electron chi connectivity index (χ3n) is 4.13. The molecule has 0 spiro atoms. The first-order valence-corrected chi connectivity index (χ1v) is 6.98. The van der Waals surface area contributed by atoms with Crippen LogP contribution in [0.3, 0.4) is 0 Å². The van der Waals surface area contributed by atoms with Crippen LogP contribution in [-0.4, -0.2) is 46.8 Å². The van der Waals surface area contributed by atoms with Crippen molar-refractivity contribution in [2.24, 2.45) is 0 Å². The molecule has 2 aliphatic rings. The van der Waals surface area contributed by atoms with E-state index in [4.69, 9.17) is 4.74 Å². The molecule has 2 atom stereocenters. The first kappa shape index (κ1) is 14.4. The molecule has 0 aliphatic carbocycles. The molecule has 8 heteroatoms. The van der Waals surface area contributed by atoms with Crippen LogP contribution in [0.15, 0.2) is 6.07 Å². The molecule has 1 N–H and O–H groups in total. The summed E-state index contributed by atoms with van der Waals surface area (Å²) in [6.45, 7) is 1.75. The van der Waals surface area contributed by atoms with Crippen molar-refractivity contribution in [1.82, 2.24) is 15.1 Å². The molecular weight excluding hydrogens is 287 g/mol. The molecule has 2 saturated heterocycles. The van der Waals surface area contributed by atoms with Crippen LogP contribution in [0, 0.1) is 0 Å².